The van der Waals surface area contributed by atoms with Gasteiger partial charge in [0.25, 0.3) is 0 Å². The highest BCUT2D eigenvalue weighted by atomic mass is 16.4. The molecule has 0 saturated carbocycles. The van der Waals surface area contributed by atoms with E-state index in [4.69, 9.17) is 5.11 Å². The smallest absolute Gasteiger partial charge is 0.303 e. The second-order valence-electron chi connectivity index (χ2n) is 3.73. The number of nitrogens with zero attached hydrogens (tertiary/aromatic N) is 4. The van der Waals surface area contributed by atoms with Crippen molar-refractivity contribution in [2.45, 2.75) is 39.7 Å². The summed E-state index contributed by atoms with van der Waals surface area (Å²) in [7, 11) is 0. The zero-order valence-corrected chi connectivity index (χ0v) is 9.05. The Kier molecular flexibility index (Phi) is 4.20. The van der Waals surface area contributed by atoms with Crippen LogP contribution in [0.1, 0.15) is 32.5 Å². The normalized spacial score (nSPS) is 12.7. The first kappa shape index (κ1) is 11.6. The summed E-state index contributed by atoms with van der Waals surface area (Å²) >= 11 is 0. The third-order valence-corrected chi connectivity index (χ3v) is 2.09. The number of aromatic nitrogens is 4. The second-order valence-corrected chi connectivity index (χ2v) is 3.73. The minimum absolute atomic E-state index is 0.0432. The van der Waals surface area contributed by atoms with Crippen molar-refractivity contribution >= 4 is 5.97 Å². The van der Waals surface area contributed by atoms with Gasteiger partial charge in [-0.1, -0.05) is 13.8 Å². The number of hydrogen-bond donors (Lipinski definition) is 1. The fraction of sp³-hybridized carbons (Fsp3) is 0.778. The Bertz CT molecular complexity index is 324. The van der Waals surface area contributed by atoms with Gasteiger partial charge in [0, 0.05) is 19.4 Å². The Balaban J connectivity index is 2.55. The van der Waals surface area contributed by atoms with Crippen LogP contribution in [0.4, 0.5) is 0 Å². The predicted molar refractivity (Wildman–Crippen MR) is 53.2 cm³/mol. The van der Waals surface area contributed by atoms with Crippen LogP contribution in [0.3, 0.4) is 0 Å². The van der Waals surface area contributed by atoms with Crippen LogP contribution in [0.5, 0.6) is 0 Å². The van der Waals surface area contributed by atoms with Gasteiger partial charge in [-0.3, -0.25) is 4.79 Å². The Hall–Kier alpha value is -1.46. The maximum Gasteiger partial charge on any atom is 0.303 e. The second kappa shape index (κ2) is 5.43. The molecule has 0 spiro atoms. The predicted octanol–water partition coefficient (Wildman–Crippen LogP) is 0.736. The number of carbonyl (C=O) groups is 1. The Morgan fingerprint density at radius 1 is 1.60 bits per heavy atom. The number of carboxylic acids is 1. The van der Waals surface area contributed by atoms with Crippen molar-refractivity contribution in [3.8, 4) is 0 Å². The summed E-state index contributed by atoms with van der Waals surface area (Å²) in [5, 5.41) is 20.0. The van der Waals surface area contributed by atoms with Crippen LogP contribution < -0.4 is 0 Å². The number of hydrogen-bond acceptors (Lipinski definition) is 4. The van der Waals surface area contributed by atoms with Gasteiger partial charge in [0.1, 0.15) is 0 Å². The van der Waals surface area contributed by atoms with Gasteiger partial charge < -0.3 is 5.11 Å². The summed E-state index contributed by atoms with van der Waals surface area (Å²) < 4.78 is 1.69. The minimum atomic E-state index is -0.785. The lowest BCUT2D eigenvalue weighted by Gasteiger charge is -2.09. The fourth-order valence-corrected chi connectivity index (χ4v) is 1.43. The Morgan fingerprint density at radius 2 is 2.33 bits per heavy atom. The third kappa shape index (κ3) is 3.65. The van der Waals surface area contributed by atoms with E-state index in [0.717, 1.165) is 18.7 Å². The van der Waals surface area contributed by atoms with Gasteiger partial charge in [-0.2, -0.15) is 0 Å². The van der Waals surface area contributed by atoms with E-state index in [0.29, 0.717) is 6.54 Å². The molecule has 1 rings (SSSR count). The molecule has 0 aliphatic rings. The molecule has 1 unspecified atom stereocenters. The molecule has 6 nitrogen and oxygen atoms in total. The zero-order valence-electron chi connectivity index (χ0n) is 9.05. The van der Waals surface area contributed by atoms with Crippen LogP contribution in [0.25, 0.3) is 0 Å². The topological polar surface area (TPSA) is 80.9 Å². The van der Waals surface area contributed by atoms with Crippen LogP contribution in [0, 0.1) is 5.92 Å². The molecule has 0 fully saturated rings. The first-order chi connectivity index (χ1) is 7.13. The first-order valence-electron chi connectivity index (χ1n) is 5.10. The van der Waals surface area contributed by atoms with Crippen molar-refractivity contribution in [1.82, 2.24) is 20.2 Å². The molecule has 0 amide bonds. The Labute approximate surface area is 88.3 Å². The number of rotatable bonds is 6. The van der Waals surface area contributed by atoms with Gasteiger partial charge >= 0.3 is 5.97 Å². The molecule has 1 atom stereocenters. The SMILES string of the molecule is CCCc1nnnn1CC(C)CC(=O)O. The fourth-order valence-electron chi connectivity index (χ4n) is 1.43. The average molecular weight is 212 g/mol. The van der Waals surface area contributed by atoms with Gasteiger partial charge in [-0.05, 0) is 22.8 Å². The number of carboxylic acid groups (broad SMARTS) is 1. The number of aliphatic carboxylic acids is 1. The highest BCUT2D eigenvalue weighted by Gasteiger charge is 2.12. The van der Waals surface area contributed by atoms with Crippen molar-refractivity contribution in [3.63, 3.8) is 0 Å². The van der Waals surface area contributed by atoms with E-state index in [-0.39, 0.29) is 12.3 Å². The maximum absolute atomic E-state index is 10.5. The molecule has 84 valence electrons. The summed E-state index contributed by atoms with van der Waals surface area (Å²) in [4.78, 5) is 10.5. The molecule has 0 aromatic carbocycles. The molecule has 6 heteroatoms. The summed E-state index contributed by atoms with van der Waals surface area (Å²) in [6, 6.07) is 0. The molecule has 0 bridgehead atoms. The molecule has 1 N–H and O–H groups in total. The van der Waals surface area contributed by atoms with Crippen molar-refractivity contribution < 1.29 is 9.90 Å². The van der Waals surface area contributed by atoms with Crippen LogP contribution in [0.15, 0.2) is 0 Å². The van der Waals surface area contributed by atoms with E-state index in [1.807, 2.05) is 6.92 Å². The molecule has 1 heterocycles. The van der Waals surface area contributed by atoms with E-state index >= 15 is 0 Å². The lowest BCUT2D eigenvalue weighted by Crippen LogP contribution is -2.15. The van der Waals surface area contributed by atoms with E-state index in [1.54, 1.807) is 4.68 Å². The van der Waals surface area contributed by atoms with E-state index in [1.165, 1.54) is 0 Å². The zero-order chi connectivity index (χ0) is 11.3. The van der Waals surface area contributed by atoms with Gasteiger partial charge in [-0.25, -0.2) is 4.68 Å². The largest absolute Gasteiger partial charge is 0.481 e. The molecule has 15 heavy (non-hydrogen) atoms. The summed E-state index contributed by atoms with van der Waals surface area (Å²) in [6.45, 7) is 4.50. The lowest BCUT2D eigenvalue weighted by atomic mass is 10.1. The van der Waals surface area contributed by atoms with Crippen LogP contribution in [-0.4, -0.2) is 31.3 Å². The summed E-state index contributed by atoms with van der Waals surface area (Å²) in [5.74, 6) is 0.0870. The molecule has 0 saturated heterocycles. The molecule has 0 aliphatic heterocycles. The maximum atomic E-state index is 10.5. The van der Waals surface area contributed by atoms with Crippen LogP contribution in [0.2, 0.25) is 0 Å². The lowest BCUT2D eigenvalue weighted by molar-refractivity contribution is -0.138. The Morgan fingerprint density at radius 3 is 2.93 bits per heavy atom. The summed E-state index contributed by atoms with van der Waals surface area (Å²) in [5.41, 5.74) is 0. The molecule has 1 aromatic heterocycles. The van der Waals surface area contributed by atoms with Crippen molar-refractivity contribution in [2.24, 2.45) is 5.92 Å². The highest BCUT2D eigenvalue weighted by molar-refractivity contribution is 5.66. The number of aryl methyl sites for hydroxylation is 1. The standard InChI is InChI=1S/C9H16N4O2/c1-3-4-8-10-11-12-13(8)6-7(2)5-9(14)15/h7H,3-6H2,1-2H3,(H,14,15). The van der Waals surface area contributed by atoms with Crippen molar-refractivity contribution in [3.05, 3.63) is 5.82 Å². The van der Waals surface area contributed by atoms with Crippen molar-refractivity contribution in [2.75, 3.05) is 0 Å². The van der Waals surface area contributed by atoms with Crippen LogP contribution in [-0.2, 0) is 17.8 Å². The third-order valence-electron chi connectivity index (χ3n) is 2.09. The molecule has 0 radical (unpaired) electrons. The van der Waals surface area contributed by atoms with Gasteiger partial charge in [0.2, 0.25) is 0 Å². The van der Waals surface area contributed by atoms with E-state index in [2.05, 4.69) is 22.4 Å². The summed E-state index contributed by atoms with van der Waals surface area (Å²) in [6.07, 6.45) is 1.95. The van der Waals surface area contributed by atoms with Gasteiger partial charge in [-0.15, -0.1) is 5.10 Å². The van der Waals surface area contributed by atoms with E-state index < -0.39 is 5.97 Å². The molecular weight excluding hydrogens is 196 g/mol. The minimum Gasteiger partial charge on any atom is -0.481 e. The van der Waals surface area contributed by atoms with Crippen LogP contribution >= 0.6 is 0 Å². The van der Waals surface area contributed by atoms with Gasteiger partial charge in [0.05, 0.1) is 0 Å². The average Bonchev–Trinajstić information content (AvgIpc) is 2.52. The highest BCUT2D eigenvalue weighted by Crippen LogP contribution is 2.07. The molecular formula is C9H16N4O2. The molecule has 1 aromatic rings. The molecule has 0 aliphatic carbocycles. The van der Waals surface area contributed by atoms with Gasteiger partial charge in [0.15, 0.2) is 5.82 Å². The van der Waals surface area contributed by atoms with Crippen molar-refractivity contribution in [1.29, 1.82) is 0 Å². The number of tetrazole rings is 1. The van der Waals surface area contributed by atoms with E-state index in [9.17, 15) is 4.79 Å². The monoisotopic (exact) mass is 212 g/mol. The quantitative estimate of drug-likeness (QED) is 0.752. The first-order valence-corrected chi connectivity index (χ1v) is 5.10.